The van der Waals surface area contributed by atoms with E-state index in [0.717, 1.165) is 16.8 Å². The number of carbonyl (C=O) groups excluding carboxylic acids is 2. The van der Waals surface area contributed by atoms with Gasteiger partial charge in [0.15, 0.2) is 4.32 Å². The number of thioether (sulfide) groups is 1. The fourth-order valence-electron chi connectivity index (χ4n) is 2.33. The highest BCUT2D eigenvalue weighted by molar-refractivity contribution is 8.26. The molecular weight excluding hydrogens is 386 g/mol. The molecule has 2 aromatic rings. The topological polar surface area (TPSA) is 80.8 Å². The number of pyridine rings is 1. The van der Waals surface area contributed by atoms with Crippen molar-refractivity contribution in [2.45, 2.75) is 0 Å². The van der Waals surface area contributed by atoms with Crippen LogP contribution in [0.15, 0.2) is 47.6 Å². The first-order valence-corrected chi connectivity index (χ1v) is 8.97. The summed E-state index contributed by atoms with van der Waals surface area (Å²) in [7, 11) is 3.10. The molecule has 0 aliphatic carbocycles. The van der Waals surface area contributed by atoms with Crippen LogP contribution in [-0.2, 0) is 4.79 Å². The van der Waals surface area contributed by atoms with Crippen LogP contribution in [0.1, 0.15) is 15.9 Å². The highest BCUT2D eigenvalue weighted by atomic mass is 32.2. The quantitative estimate of drug-likeness (QED) is 0.609. The largest absolute Gasteiger partial charge is 0.497 e. The zero-order chi connectivity index (χ0) is 19.4. The Morgan fingerprint density at radius 2 is 1.96 bits per heavy atom. The van der Waals surface area contributed by atoms with Crippen LogP contribution in [0.5, 0.6) is 11.5 Å². The molecule has 1 fully saturated rings. The van der Waals surface area contributed by atoms with Gasteiger partial charge in [-0.25, -0.2) is 0 Å². The molecule has 2 heterocycles. The fraction of sp³-hybridized carbons (Fsp3) is 0.111. The third kappa shape index (κ3) is 4.09. The predicted molar refractivity (Wildman–Crippen MR) is 106 cm³/mol. The lowest BCUT2D eigenvalue weighted by molar-refractivity contribution is -0.123. The molecule has 0 radical (unpaired) electrons. The van der Waals surface area contributed by atoms with E-state index in [1.165, 1.54) is 12.4 Å². The molecule has 1 aromatic carbocycles. The molecule has 0 spiro atoms. The van der Waals surface area contributed by atoms with Gasteiger partial charge < -0.3 is 9.47 Å². The highest BCUT2D eigenvalue weighted by Crippen LogP contribution is 2.34. The second-order valence-electron chi connectivity index (χ2n) is 5.30. The first kappa shape index (κ1) is 18.9. The van der Waals surface area contributed by atoms with E-state index in [9.17, 15) is 9.59 Å². The Balaban J connectivity index is 1.84. The molecule has 7 nitrogen and oxygen atoms in total. The number of benzene rings is 1. The van der Waals surface area contributed by atoms with Crippen molar-refractivity contribution >= 4 is 46.2 Å². The predicted octanol–water partition coefficient (Wildman–Crippen LogP) is 2.65. The second kappa shape index (κ2) is 8.19. The maximum absolute atomic E-state index is 12.7. The van der Waals surface area contributed by atoms with Gasteiger partial charge in [0, 0.05) is 23.5 Å². The Morgan fingerprint density at radius 1 is 1.22 bits per heavy atom. The number of amides is 2. The Morgan fingerprint density at radius 3 is 2.63 bits per heavy atom. The van der Waals surface area contributed by atoms with Crippen molar-refractivity contribution in [3.05, 3.63) is 58.8 Å². The summed E-state index contributed by atoms with van der Waals surface area (Å²) in [5, 5.41) is 1.06. The molecule has 138 valence electrons. The average Bonchev–Trinajstić information content (AvgIpc) is 2.95. The van der Waals surface area contributed by atoms with Gasteiger partial charge in [0.25, 0.3) is 11.8 Å². The van der Waals surface area contributed by atoms with Gasteiger partial charge in [0.2, 0.25) is 0 Å². The van der Waals surface area contributed by atoms with Crippen molar-refractivity contribution in [2.24, 2.45) is 0 Å². The zero-order valence-electron chi connectivity index (χ0n) is 14.5. The van der Waals surface area contributed by atoms with Crippen LogP contribution in [0.25, 0.3) is 6.08 Å². The monoisotopic (exact) mass is 401 g/mol. The summed E-state index contributed by atoms with van der Waals surface area (Å²) in [6.07, 6.45) is 4.64. The van der Waals surface area contributed by atoms with Crippen molar-refractivity contribution in [3.63, 3.8) is 0 Å². The first-order chi connectivity index (χ1) is 13.0. The lowest BCUT2D eigenvalue weighted by atomic mass is 10.1. The number of hydrogen-bond donors (Lipinski definition) is 1. The minimum atomic E-state index is -0.450. The number of thiocarbonyl (C=S) groups is 1. The normalized spacial score (nSPS) is 15.2. The Labute approximate surface area is 165 Å². The fourth-order valence-corrected chi connectivity index (χ4v) is 3.50. The summed E-state index contributed by atoms with van der Waals surface area (Å²) in [6.45, 7) is 0. The van der Waals surface area contributed by atoms with Crippen molar-refractivity contribution in [2.75, 3.05) is 14.2 Å². The van der Waals surface area contributed by atoms with Gasteiger partial charge in [-0.15, -0.1) is 0 Å². The summed E-state index contributed by atoms with van der Waals surface area (Å²) in [6, 6.07) is 8.35. The van der Waals surface area contributed by atoms with Crippen LogP contribution in [0.4, 0.5) is 0 Å². The molecular formula is C18H15N3O4S2. The van der Waals surface area contributed by atoms with Crippen molar-refractivity contribution < 1.29 is 19.1 Å². The summed E-state index contributed by atoms with van der Waals surface area (Å²) in [4.78, 5) is 29.2. The maximum Gasteiger partial charge on any atom is 0.285 e. The number of nitrogens with zero attached hydrogens (tertiary/aromatic N) is 2. The SMILES string of the molecule is COc1ccc(OC)c(C=C2SC(=S)N(NC(=O)c3ccncc3)C2=O)c1. The van der Waals surface area contributed by atoms with Gasteiger partial charge >= 0.3 is 0 Å². The van der Waals surface area contributed by atoms with Gasteiger partial charge in [0.05, 0.1) is 19.1 Å². The molecule has 27 heavy (non-hydrogen) atoms. The van der Waals surface area contributed by atoms with E-state index >= 15 is 0 Å². The smallest absolute Gasteiger partial charge is 0.285 e. The van der Waals surface area contributed by atoms with Gasteiger partial charge in [-0.1, -0.05) is 11.8 Å². The molecule has 0 unspecified atom stereocenters. The van der Waals surface area contributed by atoms with Crippen LogP contribution in [0.3, 0.4) is 0 Å². The Bertz CT molecular complexity index is 931. The third-order valence-electron chi connectivity index (χ3n) is 3.67. The van der Waals surface area contributed by atoms with Crippen molar-refractivity contribution in [1.82, 2.24) is 15.4 Å². The maximum atomic E-state index is 12.7. The van der Waals surface area contributed by atoms with Gasteiger partial charge in [-0.05, 0) is 48.6 Å². The van der Waals surface area contributed by atoms with E-state index in [1.807, 2.05) is 0 Å². The average molecular weight is 401 g/mol. The number of ether oxygens (including phenoxy) is 2. The summed E-state index contributed by atoms with van der Waals surface area (Å²) >= 11 is 6.33. The minimum absolute atomic E-state index is 0.232. The summed E-state index contributed by atoms with van der Waals surface area (Å²) < 4.78 is 10.8. The molecule has 0 atom stereocenters. The molecule has 2 amide bonds. The number of nitrogens with one attached hydrogen (secondary N) is 1. The number of carbonyl (C=O) groups is 2. The standard InChI is InChI=1S/C18H15N3O4S2/c1-24-13-3-4-14(25-2)12(9-13)10-15-17(23)21(18(26)27-15)20-16(22)11-5-7-19-8-6-11/h3-10H,1-2H3,(H,20,22). The molecule has 3 rings (SSSR count). The van der Waals surface area contributed by atoms with Gasteiger partial charge in [0.1, 0.15) is 11.5 Å². The van der Waals surface area contributed by atoms with E-state index in [1.54, 1.807) is 50.6 Å². The highest BCUT2D eigenvalue weighted by Gasteiger charge is 2.34. The number of methoxy groups -OCH3 is 2. The molecule has 1 aliphatic heterocycles. The third-order valence-corrected chi connectivity index (χ3v) is 4.98. The molecule has 1 aromatic heterocycles. The first-order valence-electron chi connectivity index (χ1n) is 7.74. The van der Waals surface area contributed by atoms with E-state index in [4.69, 9.17) is 21.7 Å². The number of hydrogen-bond acceptors (Lipinski definition) is 7. The Hall–Kier alpha value is -2.91. The molecule has 9 heteroatoms. The van der Waals surface area contributed by atoms with Crippen LogP contribution in [-0.4, -0.2) is 40.3 Å². The number of aromatic nitrogens is 1. The lowest BCUT2D eigenvalue weighted by Crippen LogP contribution is -2.44. The minimum Gasteiger partial charge on any atom is -0.497 e. The van der Waals surface area contributed by atoms with E-state index in [2.05, 4.69) is 10.4 Å². The number of rotatable bonds is 5. The molecule has 1 N–H and O–H groups in total. The van der Waals surface area contributed by atoms with Crippen molar-refractivity contribution in [1.29, 1.82) is 0 Å². The zero-order valence-corrected chi connectivity index (χ0v) is 16.1. The van der Waals surface area contributed by atoms with E-state index < -0.39 is 11.8 Å². The van der Waals surface area contributed by atoms with Gasteiger partial charge in [-0.3, -0.25) is 20.0 Å². The number of hydrazine groups is 1. The second-order valence-corrected chi connectivity index (χ2v) is 6.98. The Kier molecular flexibility index (Phi) is 5.72. The molecule has 0 saturated carbocycles. The lowest BCUT2D eigenvalue weighted by Gasteiger charge is -2.15. The van der Waals surface area contributed by atoms with Crippen LogP contribution in [0.2, 0.25) is 0 Å². The summed E-state index contributed by atoms with van der Waals surface area (Å²) in [5.74, 6) is 0.344. The molecule has 0 bridgehead atoms. The van der Waals surface area contributed by atoms with Gasteiger partial charge in [-0.2, -0.15) is 5.01 Å². The van der Waals surface area contributed by atoms with Crippen LogP contribution < -0.4 is 14.9 Å². The molecule has 1 aliphatic rings. The van der Waals surface area contributed by atoms with Crippen LogP contribution in [0, 0.1) is 0 Å². The van der Waals surface area contributed by atoms with E-state index in [0.29, 0.717) is 27.5 Å². The van der Waals surface area contributed by atoms with Crippen LogP contribution >= 0.6 is 24.0 Å². The van der Waals surface area contributed by atoms with Crippen molar-refractivity contribution in [3.8, 4) is 11.5 Å². The molecule has 1 saturated heterocycles. The summed E-state index contributed by atoms with van der Waals surface area (Å²) in [5.41, 5.74) is 3.56. The van der Waals surface area contributed by atoms with E-state index in [-0.39, 0.29) is 4.32 Å².